The third kappa shape index (κ3) is 3.59. The van der Waals surface area contributed by atoms with Crippen LogP contribution in [0, 0.1) is 17.0 Å². The number of nitro groups is 1. The van der Waals surface area contributed by atoms with Crippen molar-refractivity contribution in [2.45, 2.75) is 6.92 Å². The quantitative estimate of drug-likeness (QED) is 0.636. The normalized spacial score (nSPS) is 10.2. The van der Waals surface area contributed by atoms with E-state index < -0.39 is 10.8 Å². The standard InChI is InChI=1S/C14H10BrClN2O3/c1-8-2-3-9(15)6-13(8)17-14(19)11-5-4-10(18(20)21)7-12(11)16/h2-7H,1H3,(H,17,19). The van der Waals surface area contributed by atoms with E-state index in [1.807, 2.05) is 19.1 Å². The molecule has 0 atom stereocenters. The van der Waals surface area contributed by atoms with Crippen LogP contribution < -0.4 is 5.32 Å². The summed E-state index contributed by atoms with van der Waals surface area (Å²) >= 11 is 9.26. The number of benzene rings is 2. The number of halogens is 2. The number of anilines is 1. The first-order valence-corrected chi connectivity index (χ1v) is 7.07. The summed E-state index contributed by atoms with van der Waals surface area (Å²) in [6, 6.07) is 9.23. The Balaban J connectivity index is 2.28. The molecule has 2 rings (SSSR count). The van der Waals surface area contributed by atoms with Gasteiger partial charge in [0.15, 0.2) is 0 Å². The minimum absolute atomic E-state index is 0.0364. The van der Waals surface area contributed by atoms with E-state index in [1.54, 1.807) is 6.07 Å². The molecule has 0 bridgehead atoms. The monoisotopic (exact) mass is 368 g/mol. The fourth-order valence-corrected chi connectivity index (χ4v) is 2.34. The van der Waals surface area contributed by atoms with E-state index in [9.17, 15) is 14.9 Å². The van der Waals surface area contributed by atoms with Gasteiger partial charge in [-0.3, -0.25) is 14.9 Å². The van der Waals surface area contributed by atoms with Crippen LogP contribution in [0.2, 0.25) is 5.02 Å². The maximum Gasteiger partial charge on any atom is 0.270 e. The van der Waals surface area contributed by atoms with Crippen molar-refractivity contribution >= 4 is 44.8 Å². The lowest BCUT2D eigenvalue weighted by Gasteiger charge is -2.09. The molecule has 108 valence electrons. The van der Waals surface area contributed by atoms with Crippen molar-refractivity contribution in [3.8, 4) is 0 Å². The van der Waals surface area contributed by atoms with Gasteiger partial charge in [-0.25, -0.2) is 0 Å². The van der Waals surface area contributed by atoms with Gasteiger partial charge in [0.25, 0.3) is 11.6 Å². The van der Waals surface area contributed by atoms with Crippen molar-refractivity contribution in [3.05, 3.63) is 67.1 Å². The number of nitrogens with one attached hydrogen (secondary N) is 1. The number of rotatable bonds is 3. The molecule has 0 heterocycles. The second-order valence-electron chi connectivity index (χ2n) is 4.33. The molecule has 0 spiro atoms. The average molecular weight is 370 g/mol. The molecule has 2 aromatic carbocycles. The summed E-state index contributed by atoms with van der Waals surface area (Å²) in [5, 5.41) is 13.4. The number of aryl methyl sites for hydroxylation is 1. The van der Waals surface area contributed by atoms with Gasteiger partial charge in [0, 0.05) is 22.3 Å². The number of carbonyl (C=O) groups excluding carboxylic acids is 1. The summed E-state index contributed by atoms with van der Waals surface area (Å²) < 4.78 is 0.832. The van der Waals surface area contributed by atoms with Crippen LogP contribution in [0.5, 0.6) is 0 Å². The van der Waals surface area contributed by atoms with Crippen LogP contribution in [0.1, 0.15) is 15.9 Å². The molecule has 0 fully saturated rings. The largest absolute Gasteiger partial charge is 0.322 e. The molecule has 0 aromatic heterocycles. The second kappa shape index (κ2) is 6.24. The van der Waals surface area contributed by atoms with E-state index >= 15 is 0 Å². The first-order chi connectivity index (χ1) is 9.88. The first kappa shape index (κ1) is 15.5. The molecule has 1 N–H and O–H groups in total. The van der Waals surface area contributed by atoms with E-state index in [0.717, 1.165) is 16.1 Å². The highest BCUT2D eigenvalue weighted by Crippen LogP contribution is 2.25. The van der Waals surface area contributed by atoms with Gasteiger partial charge in [0.2, 0.25) is 0 Å². The van der Waals surface area contributed by atoms with Crippen LogP contribution in [0.25, 0.3) is 0 Å². The van der Waals surface area contributed by atoms with E-state index in [0.29, 0.717) is 5.69 Å². The third-order valence-electron chi connectivity index (χ3n) is 2.86. The Kier molecular flexibility index (Phi) is 4.59. The number of non-ortho nitro benzene ring substituents is 1. The van der Waals surface area contributed by atoms with Gasteiger partial charge in [-0.15, -0.1) is 0 Å². The molecule has 5 nitrogen and oxygen atoms in total. The first-order valence-electron chi connectivity index (χ1n) is 5.90. The van der Waals surface area contributed by atoms with Crippen molar-refractivity contribution in [3.63, 3.8) is 0 Å². The van der Waals surface area contributed by atoms with Gasteiger partial charge in [-0.1, -0.05) is 33.6 Å². The zero-order chi connectivity index (χ0) is 15.6. The number of carbonyl (C=O) groups is 1. The lowest BCUT2D eigenvalue weighted by atomic mass is 10.1. The predicted molar refractivity (Wildman–Crippen MR) is 84.9 cm³/mol. The lowest BCUT2D eigenvalue weighted by Crippen LogP contribution is -2.13. The molecule has 0 saturated heterocycles. The highest BCUT2D eigenvalue weighted by atomic mass is 79.9. The predicted octanol–water partition coefficient (Wildman–Crippen LogP) is 4.57. The molecule has 2 aromatic rings. The van der Waals surface area contributed by atoms with Crippen molar-refractivity contribution in [2.24, 2.45) is 0 Å². The third-order valence-corrected chi connectivity index (χ3v) is 3.66. The summed E-state index contributed by atoms with van der Waals surface area (Å²) in [4.78, 5) is 22.3. The van der Waals surface area contributed by atoms with Crippen LogP contribution in [0.3, 0.4) is 0 Å². The van der Waals surface area contributed by atoms with Crippen LogP contribution in [-0.2, 0) is 0 Å². The Morgan fingerprint density at radius 2 is 2.00 bits per heavy atom. The Morgan fingerprint density at radius 1 is 1.29 bits per heavy atom. The minimum Gasteiger partial charge on any atom is -0.322 e. The summed E-state index contributed by atoms with van der Waals surface area (Å²) in [6.07, 6.45) is 0. The molecule has 0 unspecified atom stereocenters. The van der Waals surface area contributed by atoms with Gasteiger partial charge < -0.3 is 5.32 Å². The molecule has 21 heavy (non-hydrogen) atoms. The Bertz CT molecular complexity index is 734. The summed E-state index contributed by atoms with van der Waals surface area (Å²) in [5.74, 6) is -0.420. The number of hydrogen-bond donors (Lipinski definition) is 1. The molecular formula is C14H10BrClN2O3. The van der Waals surface area contributed by atoms with Crippen LogP contribution in [-0.4, -0.2) is 10.8 Å². The van der Waals surface area contributed by atoms with E-state index in [1.165, 1.54) is 12.1 Å². The van der Waals surface area contributed by atoms with Gasteiger partial charge in [0.05, 0.1) is 15.5 Å². The Morgan fingerprint density at radius 3 is 2.62 bits per heavy atom. The van der Waals surface area contributed by atoms with Gasteiger partial charge >= 0.3 is 0 Å². The molecule has 0 aliphatic rings. The van der Waals surface area contributed by atoms with Crippen LogP contribution in [0.4, 0.5) is 11.4 Å². The van der Waals surface area contributed by atoms with E-state index in [4.69, 9.17) is 11.6 Å². The SMILES string of the molecule is Cc1ccc(Br)cc1NC(=O)c1ccc([N+](=O)[O-])cc1Cl. The topological polar surface area (TPSA) is 72.2 Å². The van der Waals surface area contributed by atoms with Gasteiger partial charge in [-0.05, 0) is 30.7 Å². The van der Waals surface area contributed by atoms with E-state index in [-0.39, 0.29) is 16.3 Å². The van der Waals surface area contributed by atoms with Gasteiger partial charge in [0.1, 0.15) is 0 Å². The lowest BCUT2D eigenvalue weighted by molar-refractivity contribution is -0.384. The average Bonchev–Trinajstić information content (AvgIpc) is 2.42. The second-order valence-corrected chi connectivity index (χ2v) is 5.66. The highest BCUT2D eigenvalue weighted by Gasteiger charge is 2.15. The number of nitro benzene ring substituents is 1. The zero-order valence-corrected chi connectivity index (χ0v) is 13.2. The fourth-order valence-electron chi connectivity index (χ4n) is 1.72. The van der Waals surface area contributed by atoms with Gasteiger partial charge in [-0.2, -0.15) is 0 Å². The molecule has 7 heteroatoms. The summed E-state index contributed by atoms with van der Waals surface area (Å²) in [6.45, 7) is 1.86. The maximum absolute atomic E-state index is 12.2. The highest BCUT2D eigenvalue weighted by molar-refractivity contribution is 9.10. The molecule has 0 saturated carbocycles. The molecular weight excluding hydrogens is 360 g/mol. The smallest absolute Gasteiger partial charge is 0.270 e. The fraction of sp³-hybridized carbons (Fsp3) is 0.0714. The molecule has 0 radical (unpaired) electrons. The molecule has 1 amide bonds. The zero-order valence-electron chi connectivity index (χ0n) is 10.9. The van der Waals surface area contributed by atoms with Crippen LogP contribution in [0.15, 0.2) is 40.9 Å². The summed E-state index contributed by atoms with van der Waals surface area (Å²) in [5.41, 5.74) is 1.56. The maximum atomic E-state index is 12.2. The summed E-state index contributed by atoms with van der Waals surface area (Å²) in [7, 11) is 0. The number of hydrogen-bond acceptors (Lipinski definition) is 3. The van der Waals surface area contributed by atoms with Crippen molar-refractivity contribution < 1.29 is 9.72 Å². The number of nitrogens with zero attached hydrogens (tertiary/aromatic N) is 1. The van der Waals surface area contributed by atoms with E-state index in [2.05, 4.69) is 21.2 Å². The van der Waals surface area contributed by atoms with Crippen LogP contribution >= 0.6 is 27.5 Å². The Labute approximate surface area is 134 Å². The number of amides is 1. The molecule has 0 aliphatic heterocycles. The van der Waals surface area contributed by atoms with Crippen molar-refractivity contribution in [1.82, 2.24) is 0 Å². The Hall–Kier alpha value is -1.92. The van der Waals surface area contributed by atoms with Crippen molar-refractivity contribution in [2.75, 3.05) is 5.32 Å². The minimum atomic E-state index is -0.563. The molecule has 0 aliphatic carbocycles. The van der Waals surface area contributed by atoms with Crippen molar-refractivity contribution in [1.29, 1.82) is 0 Å².